The summed E-state index contributed by atoms with van der Waals surface area (Å²) in [5.74, 6) is -0.606. The summed E-state index contributed by atoms with van der Waals surface area (Å²) < 4.78 is 0. The maximum atomic E-state index is 11.2. The van der Waals surface area contributed by atoms with E-state index >= 15 is 0 Å². The summed E-state index contributed by atoms with van der Waals surface area (Å²) in [5, 5.41) is 9.26. The zero-order chi connectivity index (χ0) is 12.4. The van der Waals surface area contributed by atoms with E-state index in [4.69, 9.17) is 0 Å². The summed E-state index contributed by atoms with van der Waals surface area (Å²) in [6.07, 6.45) is 9.76. The fourth-order valence-electron chi connectivity index (χ4n) is 2.26. The SMILES string of the molecule is CCCCCCCCC(CC)(CC)C(=O)O.[Nd]. The van der Waals surface area contributed by atoms with Gasteiger partial charge < -0.3 is 5.11 Å². The van der Waals surface area contributed by atoms with Gasteiger partial charge in [0.15, 0.2) is 0 Å². The van der Waals surface area contributed by atoms with Crippen molar-refractivity contribution in [3.63, 3.8) is 0 Å². The Morgan fingerprint density at radius 2 is 1.41 bits per heavy atom. The average molecular weight is 373 g/mol. The van der Waals surface area contributed by atoms with Gasteiger partial charge in [0.25, 0.3) is 0 Å². The van der Waals surface area contributed by atoms with E-state index < -0.39 is 11.4 Å². The van der Waals surface area contributed by atoms with Gasteiger partial charge in [0.05, 0.1) is 5.41 Å². The van der Waals surface area contributed by atoms with E-state index in [2.05, 4.69) is 6.92 Å². The molecule has 0 spiro atoms. The smallest absolute Gasteiger partial charge is 0.309 e. The van der Waals surface area contributed by atoms with Gasteiger partial charge in [0.1, 0.15) is 0 Å². The summed E-state index contributed by atoms with van der Waals surface area (Å²) in [6, 6.07) is 0. The van der Waals surface area contributed by atoms with Crippen LogP contribution in [-0.2, 0) is 4.79 Å². The topological polar surface area (TPSA) is 37.3 Å². The number of hydrogen-bond acceptors (Lipinski definition) is 1. The standard InChI is InChI=1S/C14H28O2.Nd/c1-4-7-8-9-10-11-12-14(5-2,6-3)13(15)16;/h4-12H2,1-3H3,(H,15,16);. The van der Waals surface area contributed by atoms with Crippen molar-refractivity contribution in [1.82, 2.24) is 0 Å². The predicted molar refractivity (Wildman–Crippen MR) is 68.6 cm³/mol. The number of hydrogen-bond donors (Lipinski definition) is 1. The van der Waals surface area contributed by atoms with Gasteiger partial charge in [-0.25, -0.2) is 0 Å². The quantitative estimate of drug-likeness (QED) is 0.568. The average Bonchev–Trinajstić information content (AvgIpc) is 2.28. The van der Waals surface area contributed by atoms with Crippen molar-refractivity contribution in [3.8, 4) is 0 Å². The molecule has 0 aromatic rings. The Labute approximate surface area is 139 Å². The molecule has 0 rings (SSSR count). The van der Waals surface area contributed by atoms with Gasteiger partial charge in [-0.3, -0.25) is 4.79 Å². The third kappa shape index (κ3) is 7.76. The van der Waals surface area contributed by atoms with Gasteiger partial charge >= 0.3 is 5.97 Å². The Hall–Kier alpha value is 0.821. The second-order valence-corrected chi connectivity index (χ2v) is 4.81. The van der Waals surface area contributed by atoms with Gasteiger partial charge in [0, 0.05) is 40.8 Å². The molecule has 100 valence electrons. The minimum absolute atomic E-state index is 0. The minimum atomic E-state index is -0.606. The summed E-state index contributed by atoms with van der Waals surface area (Å²) in [5.41, 5.74) is -0.454. The third-order valence-electron chi connectivity index (χ3n) is 3.82. The minimum Gasteiger partial charge on any atom is -0.481 e. The van der Waals surface area contributed by atoms with E-state index in [0.717, 1.165) is 25.7 Å². The summed E-state index contributed by atoms with van der Waals surface area (Å²) in [7, 11) is 0. The molecule has 2 nitrogen and oxygen atoms in total. The van der Waals surface area contributed by atoms with Crippen LogP contribution in [0.2, 0.25) is 0 Å². The molecule has 0 fully saturated rings. The Morgan fingerprint density at radius 3 is 1.82 bits per heavy atom. The van der Waals surface area contributed by atoms with Crippen molar-refractivity contribution in [3.05, 3.63) is 0 Å². The molecule has 3 heteroatoms. The van der Waals surface area contributed by atoms with E-state index in [1.54, 1.807) is 0 Å². The number of carboxylic acids is 1. The summed E-state index contributed by atoms with van der Waals surface area (Å²) in [4.78, 5) is 11.2. The van der Waals surface area contributed by atoms with Crippen LogP contribution in [0.3, 0.4) is 0 Å². The molecule has 0 radical (unpaired) electrons. The van der Waals surface area contributed by atoms with Crippen molar-refractivity contribution in [1.29, 1.82) is 0 Å². The number of rotatable bonds is 10. The molecule has 0 aliphatic rings. The number of unbranched alkanes of at least 4 members (excludes halogenated alkanes) is 5. The van der Waals surface area contributed by atoms with E-state index in [1.807, 2.05) is 13.8 Å². The van der Waals surface area contributed by atoms with E-state index in [-0.39, 0.29) is 40.8 Å². The Morgan fingerprint density at radius 1 is 0.941 bits per heavy atom. The second-order valence-electron chi connectivity index (χ2n) is 4.81. The number of carboxylic acid groups (broad SMARTS) is 1. The number of aliphatic carboxylic acids is 1. The van der Waals surface area contributed by atoms with Crippen LogP contribution in [0.4, 0.5) is 0 Å². The molecule has 1 N–H and O–H groups in total. The molecule has 0 saturated carbocycles. The fourth-order valence-corrected chi connectivity index (χ4v) is 2.26. The molecule has 0 unspecified atom stereocenters. The second kappa shape index (κ2) is 11.9. The van der Waals surface area contributed by atoms with Crippen LogP contribution >= 0.6 is 0 Å². The largest absolute Gasteiger partial charge is 0.481 e. The van der Waals surface area contributed by atoms with Gasteiger partial charge in [-0.05, 0) is 19.3 Å². The molecule has 0 aromatic heterocycles. The van der Waals surface area contributed by atoms with Crippen molar-refractivity contribution in [2.45, 2.75) is 78.6 Å². The van der Waals surface area contributed by atoms with Gasteiger partial charge in [-0.1, -0.05) is 59.3 Å². The molecule has 0 aliphatic carbocycles. The van der Waals surface area contributed by atoms with Crippen LogP contribution in [0.1, 0.15) is 78.6 Å². The maximum Gasteiger partial charge on any atom is 0.309 e. The molecule has 0 aliphatic heterocycles. The van der Waals surface area contributed by atoms with Crippen LogP contribution in [0.25, 0.3) is 0 Å². The number of carbonyl (C=O) groups is 1. The van der Waals surface area contributed by atoms with Crippen LogP contribution < -0.4 is 0 Å². The van der Waals surface area contributed by atoms with E-state index in [0.29, 0.717) is 0 Å². The first-order valence-electron chi connectivity index (χ1n) is 6.86. The Balaban J connectivity index is 0. The summed E-state index contributed by atoms with van der Waals surface area (Å²) in [6.45, 7) is 6.20. The first-order valence-corrected chi connectivity index (χ1v) is 6.86. The molecule has 0 aromatic carbocycles. The Kier molecular flexibility index (Phi) is 14.1. The van der Waals surface area contributed by atoms with Crippen molar-refractivity contribution in [2.24, 2.45) is 5.41 Å². The van der Waals surface area contributed by atoms with Crippen LogP contribution in [0, 0.1) is 46.3 Å². The molecular formula is C14H28NdO2. The third-order valence-corrected chi connectivity index (χ3v) is 3.82. The van der Waals surface area contributed by atoms with E-state index in [1.165, 1.54) is 32.1 Å². The van der Waals surface area contributed by atoms with Gasteiger partial charge in [-0.15, -0.1) is 0 Å². The molecule has 0 saturated heterocycles. The van der Waals surface area contributed by atoms with Crippen molar-refractivity contribution in [2.75, 3.05) is 0 Å². The Bertz CT molecular complexity index is 189. The molecular weight excluding hydrogens is 344 g/mol. The fraction of sp³-hybridized carbons (Fsp3) is 0.929. The molecule has 0 bridgehead atoms. The molecule has 0 amide bonds. The van der Waals surface area contributed by atoms with Crippen LogP contribution in [0.15, 0.2) is 0 Å². The predicted octanol–water partition coefficient (Wildman–Crippen LogP) is 4.63. The van der Waals surface area contributed by atoms with Crippen LogP contribution in [-0.4, -0.2) is 11.1 Å². The van der Waals surface area contributed by atoms with Gasteiger partial charge in [-0.2, -0.15) is 0 Å². The zero-order valence-corrected chi connectivity index (χ0v) is 14.9. The molecule has 0 atom stereocenters. The van der Waals surface area contributed by atoms with Crippen molar-refractivity contribution >= 4 is 5.97 Å². The van der Waals surface area contributed by atoms with Crippen LogP contribution in [0.5, 0.6) is 0 Å². The first kappa shape index (κ1) is 20.1. The van der Waals surface area contributed by atoms with E-state index in [9.17, 15) is 9.90 Å². The first-order chi connectivity index (χ1) is 7.63. The summed E-state index contributed by atoms with van der Waals surface area (Å²) >= 11 is 0. The molecule has 17 heavy (non-hydrogen) atoms. The zero-order valence-electron chi connectivity index (χ0n) is 11.7. The molecule has 0 heterocycles. The normalized spacial score (nSPS) is 11.0. The monoisotopic (exact) mass is 370 g/mol. The maximum absolute atomic E-state index is 11.2. The van der Waals surface area contributed by atoms with Crippen molar-refractivity contribution < 1.29 is 50.7 Å². The van der Waals surface area contributed by atoms with Gasteiger partial charge in [0.2, 0.25) is 0 Å².